The molecule has 86 valence electrons. The molecule has 1 heterocycles. The second-order valence-electron chi connectivity index (χ2n) is 4.69. The number of hydrogen-bond donors (Lipinski definition) is 0. The van der Waals surface area contributed by atoms with Gasteiger partial charge in [0.1, 0.15) is 0 Å². The topological polar surface area (TPSA) is 20.3 Å². The van der Waals surface area contributed by atoms with Crippen LogP contribution in [0.1, 0.15) is 13.8 Å². The third kappa shape index (κ3) is 1.61. The minimum atomic E-state index is -1.34. The SMILES string of the molecule is CC1(C)CN(c2ccccc2)C(=O)C1(Cl)Cl. The number of benzene rings is 1. The Kier molecular flexibility index (Phi) is 2.67. The van der Waals surface area contributed by atoms with E-state index < -0.39 is 9.75 Å². The Labute approximate surface area is 105 Å². The molecular weight excluding hydrogens is 245 g/mol. The molecule has 1 saturated heterocycles. The predicted octanol–water partition coefficient (Wildman–Crippen LogP) is 3.23. The molecule has 1 amide bonds. The van der Waals surface area contributed by atoms with Crippen LogP contribution >= 0.6 is 23.2 Å². The summed E-state index contributed by atoms with van der Waals surface area (Å²) in [5, 5.41) is 0. The number of nitrogens with zero attached hydrogens (tertiary/aromatic N) is 1. The normalized spacial score (nSPS) is 22.5. The monoisotopic (exact) mass is 257 g/mol. The minimum absolute atomic E-state index is 0.243. The van der Waals surface area contributed by atoms with Crippen LogP contribution in [0.15, 0.2) is 30.3 Å². The molecule has 1 fully saturated rings. The maximum absolute atomic E-state index is 12.1. The lowest BCUT2D eigenvalue weighted by Gasteiger charge is -2.25. The molecule has 2 nitrogen and oxygen atoms in total. The van der Waals surface area contributed by atoms with Gasteiger partial charge in [-0.2, -0.15) is 0 Å². The van der Waals surface area contributed by atoms with Crippen LogP contribution in [0.3, 0.4) is 0 Å². The van der Waals surface area contributed by atoms with Crippen molar-refractivity contribution in [3.8, 4) is 0 Å². The third-order valence-corrected chi connectivity index (χ3v) is 4.33. The Balaban J connectivity index is 2.39. The highest BCUT2D eigenvalue weighted by atomic mass is 35.5. The van der Waals surface area contributed by atoms with Crippen LogP contribution in [0.2, 0.25) is 0 Å². The van der Waals surface area contributed by atoms with E-state index in [0.29, 0.717) is 6.54 Å². The van der Waals surface area contributed by atoms with Gasteiger partial charge in [0.05, 0.1) is 0 Å². The Morgan fingerprint density at radius 2 is 1.75 bits per heavy atom. The number of hydrogen-bond acceptors (Lipinski definition) is 1. The van der Waals surface area contributed by atoms with Gasteiger partial charge in [-0.25, -0.2) is 0 Å². The minimum Gasteiger partial charge on any atom is -0.309 e. The van der Waals surface area contributed by atoms with Gasteiger partial charge in [-0.05, 0) is 12.1 Å². The number of rotatable bonds is 1. The van der Waals surface area contributed by atoms with Crippen LogP contribution < -0.4 is 4.90 Å². The highest BCUT2D eigenvalue weighted by molar-refractivity contribution is 6.60. The molecule has 0 spiro atoms. The van der Waals surface area contributed by atoms with E-state index in [-0.39, 0.29) is 5.91 Å². The maximum atomic E-state index is 12.1. The fourth-order valence-corrected chi connectivity index (χ4v) is 2.17. The molecule has 1 aromatic rings. The van der Waals surface area contributed by atoms with Gasteiger partial charge >= 0.3 is 0 Å². The molecule has 1 aliphatic rings. The van der Waals surface area contributed by atoms with E-state index in [0.717, 1.165) is 5.69 Å². The first-order valence-electron chi connectivity index (χ1n) is 5.11. The molecule has 0 radical (unpaired) electrons. The zero-order valence-corrected chi connectivity index (χ0v) is 10.7. The van der Waals surface area contributed by atoms with Gasteiger partial charge in [0, 0.05) is 17.6 Å². The molecule has 1 aromatic carbocycles. The van der Waals surface area contributed by atoms with Gasteiger partial charge < -0.3 is 4.90 Å². The Morgan fingerprint density at radius 1 is 1.19 bits per heavy atom. The number of carbonyl (C=O) groups is 1. The van der Waals surface area contributed by atoms with Crippen molar-refractivity contribution < 1.29 is 4.79 Å². The van der Waals surface area contributed by atoms with Gasteiger partial charge in [-0.3, -0.25) is 4.79 Å². The number of halogens is 2. The molecule has 0 aliphatic carbocycles. The van der Waals surface area contributed by atoms with E-state index in [9.17, 15) is 4.79 Å². The van der Waals surface area contributed by atoms with Gasteiger partial charge in [0.2, 0.25) is 4.33 Å². The molecule has 0 saturated carbocycles. The molecule has 0 atom stereocenters. The molecule has 0 N–H and O–H groups in total. The summed E-state index contributed by atoms with van der Waals surface area (Å²) in [6, 6.07) is 9.44. The smallest absolute Gasteiger partial charge is 0.264 e. The van der Waals surface area contributed by atoms with E-state index in [1.54, 1.807) is 4.90 Å². The second-order valence-corrected chi connectivity index (χ2v) is 6.01. The number of alkyl halides is 2. The molecule has 1 aliphatic heterocycles. The number of anilines is 1. The summed E-state index contributed by atoms with van der Waals surface area (Å²) in [5.41, 5.74) is 0.381. The standard InChI is InChI=1S/C12H13Cl2NO/c1-11(2)8-15(10(16)12(11,13)14)9-6-4-3-5-7-9/h3-7H,8H2,1-2H3. The molecule has 16 heavy (non-hydrogen) atoms. The first kappa shape index (κ1) is 11.7. The van der Waals surface area contributed by atoms with Crippen molar-refractivity contribution in [2.45, 2.75) is 18.2 Å². The van der Waals surface area contributed by atoms with E-state index >= 15 is 0 Å². The van der Waals surface area contributed by atoms with Crippen molar-refractivity contribution in [2.75, 3.05) is 11.4 Å². The Hall–Kier alpha value is -0.730. The fourth-order valence-electron chi connectivity index (χ4n) is 1.84. The summed E-state index contributed by atoms with van der Waals surface area (Å²) in [7, 11) is 0. The van der Waals surface area contributed by atoms with Gasteiger partial charge in [0.25, 0.3) is 5.91 Å². The summed E-state index contributed by atoms with van der Waals surface area (Å²) in [6.45, 7) is 4.32. The van der Waals surface area contributed by atoms with Crippen molar-refractivity contribution in [3.63, 3.8) is 0 Å². The number of carbonyl (C=O) groups excluding carboxylic acids is 1. The number of amides is 1. The van der Waals surface area contributed by atoms with Crippen molar-refractivity contribution in [3.05, 3.63) is 30.3 Å². The average Bonchev–Trinajstić information content (AvgIpc) is 2.40. The van der Waals surface area contributed by atoms with Gasteiger partial charge in [0.15, 0.2) is 0 Å². The lowest BCUT2D eigenvalue weighted by Crippen LogP contribution is -2.36. The molecule has 0 bridgehead atoms. The quantitative estimate of drug-likeness (QED) is 0.708. The average molecular weight is 258 g/mol. The Morgan fingerprint density at radius 3 is 2.19 bits per heavy atom. The summed E-state index contributed by atoms with van der Waals surface area (Å²) in [6.07, 6.45) is 0. The lowest BCUT2D eigenvalue weighted by atomic mass is 9.91. The van der Waals surface area contributed by atoms with Gasteiger partial charge in [-0.15, -0.1) is 0 Å². The molecule has 0 aromatic heterocycles. The van der Waals surface area contributed by atoms with E-state index in [1.165, 1.54) is 0 Å². The highest BCUT2D eigenvalue weighted by Gasteiger charge is 2.57. The van der Waals surface area contributed by atoms with Crippen LogP contribution in [0.5, 0.6) is 0 Å². The summed E-state index contributed by atoms with van der Waals surface area (Å²) in [4.78, 5) is 13.7. The van der Waals surface area contributed by atoms with E-state index in [1.807, 2.05) is 44.2 Å². The maximum Gasteiger partial charge on any atom is 0.264 e. The summed E-state index contributed by atoms with van der Waals surface area (Å²) >= 11 is 12.3. The Bertz CT molecular complexity index is 414. The van der Waals surface area contributed by atoms with Crippen LogP contribution in [0, 0.1) is 5.41 Å². The van der Waals surface area contributed by atoms with Crippen molar-refractivity contribution in [1.29, 1.82) is 0 Å². The summed E-state index contributed by atoms with van der Waals surface area (Å²) < 4.78 is -1.34. The van der Waals surface area contributed by atoms with Crippen molar-refractivity contribution >= 4 is 34.8 Å². The van der Waals surface area contributed by atoms with Crippen molar-refractivity contribution in [1.82, 2.24) is 0 Å². The van der Waals surface area contributed by atoms with E-state index in [2.05, 4.69) is 0 Å². The van der Waals surface area contributed by atoms with Crippen LogP contribution in [0.25, 0.3) is 0 Å². The molecule has 0 unspecified atom stereocenters. The van der Waals surface area contributed by atoms with Crippen LogP contribution in [-0.4, -0.2) is 16.8 Å². The molecule has 2 rings (SSSR count). The molecular formula is C12H13Cl2NO. The largest absolute Gasteiger partial charge is 0.309 e. The zero-order valence-electron chi connectivity index (χ0n) is 9.21. The van der Waals surface area contributed by atoms with Gasteiger partial charge in [-0.1, -0.05) is 55.2 Å². The van der Waals surface area contributed by atoms with Crippen LogP contribution in [-0.2, 0) is 4.79 Å². The zero-order chi connectivity index (χ0) is 12.0. The molecule has 4 heteroatoms. The first-order chi connectivity index (χ1) is 7.36. The lowest BCUT2D eigenvalue weighted by molar-refractivity contribution is -0.118. The number of para-hydroxylation sites is 1. The summed E-state index contributed by atoms with van der Waals surface area (Å²) in [5.74, 6) is -0.243. The fraction of sp³-hybridized carbons (Fsp3) is 0.417. The third-order valence-electron chi connectivity index (χ3n) is 2.99. The second kappa shape index (κ2) is 3.64. The van der Waals surface area contributed by atoms with Crippen LogP contribution in [0.4, 0.5) is 5.69 Å². The predicted molar refractivity (Wildman–Crippen MR) is 67.0 cm³/mol. The first-order valence-corrected chi connectivity index (χ1v) is 5.87. The van der Waals surface area contributed by atoms with Crippen molar-refractivity contribution in [2.24, 2.45) is 5.41 Å². The van der Waals surface area contributed by atoms with E-state index in [4.69, 9.17) is 23.2 Å². The highest BCUT2D eigenvalue weighted by Crippen LogP contribution is 2.48.